The molecule has 0 saturated heterocycles. The van der Waals surface area contributed by atoms with E-state index in [9.17, 15) is 9.59 Å². The summed E-state index contributed by atoms with van der Waals surface area (Å²) < 4.78 is 8.79. The fourth-order valence-corrected chi connectivity index (χ4v) is 0.839. The highest BCUT2D eigenvalue weighted by molar-refractivity contribution is 6.61. The monoisotopic (exact) mass is 280 g/mol. The summed E-state index contributed by atoms with van der Waals surface area (Å²) in [6, 6.07) is 0. The van der Waals surface area contributed by atoms with Gasteiger partial charge in [-0.05, 0) is 39.5 Å². The first kappa shape index (κ1) is 17.2. The number of halogens is 1. The smallest absolute Gasteiger partial charge is 0.404 e. The van der Waals surface area contributed by atoms with Crippen LogP contribution in [0.3, 0.4) is 0 Å². The van der Waals surface area contributed by atoms with Gasteiger partial charge in [0.05, 0.1) is 12.7 Å². The van der Waals surface area contributed by atoms with Crippen LogP contribution in [-0.2, 0) is 14.3 Å². The number of rotatable bonds is 1. The number of hydrogen-bond donors (Lipinski definition) is 1. The first-order valence-electron chi connectivity index (χ1n) is 5.76. The number of aliphatic hydroxyl groups is 1. The van der Waals surface area contributed by atoms with Crippen LogP contribution in [0.4, 0.5) is 4.79 Å². The van der Waals surface area contributed by atoms with E-state index in [1.807, 2.05) is 13.8 Å². The van der Waals surface area contributed by atoms with Crippen molar-refractivity contribution in [2.75, 3.05) is 7.11 Å². The highest BCUT2D eigenvalue weighted by atomic mass is 35.5. The Bertz CT molecular complexity index is 291. The van der Waals surface area contributed by atoms with Gasteiger partial charge in [0.15, 0.2) is 0 Å². The Morgan fingerprint density at radius 1 is 1.17 bits per heavy atom. The predicted molar refractivity (Wildman–Crippen MR) is 67.5 cm³/mol. The van der Waals surface area contributed by atoms with Crippen LogP contribution in [0.2, 0.25) is 0 Å². The molecule has 0 aromatic carbocycles. The minimum atomic E-state index is -0.690. The molecule has 5 nitrogen and oxygen atoms in total. The van der Waals surface area contributed by atoms with Gasteiger partial charge in [0.25, 0.3) is 0 Å². The standard InChI is InChI=1S/C5H7ClO2.C4H8O.C3H6O2/c1-5(2-3-5)8-4(6)7;1-4(5)2-3-4;1-3(4)5-2/h2-3H2,1H3;5H,2-3H2,1H3;1-2H3. The van der Waals surface area contributed by atoms with Crippen molar-refractivity contribution < 1.29 is 24.2 Å². The molecule has 0 amide bonds. The van der Waals surface area contributed by atoms with E-state index in [0.29, 0.717) is 0 Å². The Hall–Kier alpha value is -0.810. The van der Waals surface area contributed by atoms with E-state index in [2.05, 4.69) is 9.47 Å². The van der Waals surface area contributed by atoms with Crippen molar-refractivity contribution in [3.63, 3.8) is 0 Å². The Kier molecular flexibility index (Phi) is 6.63. The van der Waals surface area contributed by atoms with Gasteiger partial charge in [0.1, 0.15) is 5.60 Å². The summed E-state index contributed by atoms with van der Waals surface area (Å²) in [5, 5.41) is 8.63. The fourth-order valence-electron chi connectivity index (χ4n) is 0.653. The third-order valence-corrected chi connectivity index (χ3v) is 2.62. The second kappa shape index (κ2) is 6.95. The lowest BCUT2D eigenvalue weighted by molar-refractivity contribution is -0.137. The fraction of sp³-hybridized carbons (Fsp3) is 0.833. The molecule has 106 valence electrons. The summed E-state index contributed by atoms with van der Waals surface area (Å²) in [4.78, 5) is 19.6. The van der Waals surface area contributed by atoms with E-state index in [-0.39, 0.29) is 17.2 Å². The van der Waals surface area contributed by atoms with Crippen LogP contribution >= 0.6 is 11.6 Å². The number of carbonyl (C=O) groups is 2. The summed E-state index contributed by atoms with van der Waals surface area (Å²) in [5.74, 6) is -0.245. The highest BCUT2D eigenvalue weighted by Gasteiger charge is 2.41. The first-order valence-corrected chi connectivity index (χ1v) is 6.13. The van der Waals surface area contributed by atoms with Crippen LogP contribution in [0.25, 0.3) is 0 Å². The summed E-state index contributed by atoms with van der Waals surface area (Å²) in [5.41, 5.74) is -1.15. The summed E-state index contributed by atoms with van der Waals surface area (Å²) in [6.07, 6.45) is 3.91. The van der Waals surface area contributed by atoms with Crippen molar-refractivity contribution in [2.24, 2.45) is 0 Å². The second-order valence-corrected chi connectivity index (χ2v) is 5.29. The van der Waals surface area contributed by atoms with E-state index in [4.69, 9.17) is 16.7 Å². The number of esters is 1. The number of ether oxygens (including phenoxy) is 2. The minimum Gasteiger partial charge on any atom is -0.469 e. The molecule has 2 fully saturated rings. The molecule has 2 aliphatic carbocycles. The third kappa shape index (κ3) is 11.7. The second-order valence-electron chi connectivity index (χ2n) is 4.98. The van der Waals surface area contributed by atoms with Crippen LogP contribution in [-0.4, -0.2) is 34.8 Å². The van der Waals surface area contributed by atoms with Crippen molar-refractivity contribution in [3.05, 3.63) is 0 Å². The highest BCUT2D eigenvalue weighted by Crippen LogP contribution is 2.39. The molecule has 18 heavy (non-hydrogen) atoms. The summed E-state index contributed by atoms with van der Waals surface area (Å²) in [6.45, 7) is 5.08. The molecule has 2 rings (SSSR count). The van der Waals surface area contributed by atoms with Crippen molar-refractivity contribution in [1.29, 1.82) is 0 Å². The van der Waals surface area contributed by atoms with E-state index >= 15 is 0 Å². The lowest BCUT2D eigenvalue weighted by Crippen LogP contribution is -2.09. The van der Waals surface area contributed by atoms with Gasteiger partial charge in [-0.2, -0.15) is 0 Å². The van der Waals surface area contributed by atoms with Gasteiger partial charge in [-0.25, -0.2) is 4.79 Å². The normalized spacial score (nSPS) is 20.1. The average Bonchev–Trinajstić information content (AvgIpc) is 3.10. The molecule has 0 spiro atoms. The van der Waals surface area contributed by atoms with E-state index in [0.717, 1.165) is 25.7 Å². The van der Waals surface area contributed by atoms with Crippen LogP contribution in [0.1, 0.15) is 46.5 Å². The number of carbonyl (C=O) groups excluding carboxylic acids is 2. The van der Waals surface area contributed by atoms with Gasteiger partial charge in [0, 0.05) is 18.5 Å². The zero-order valence-corrected chi connectivity index (χ0v) is 12.0. The number of hydrogen-bond acceptors (Lipinski definition) is 5. The van der Waals surface area contributed by atoms with Gasteiger partial charge in [-0.15, -0.1) is 0 Å². The molecule has 1 N–H and O–H groups in total. The van der Waals surface area contributed by atoms with Crippen molar-refractivity contribution in [2.45, 2.75) is 57.7 Å². The van der Waals surface area contributed by atoms with Crippen LogP contribution in [0.15, 0.2) is 0 Å². The average molecular weight is 281 g/mol. The topological polar surface area (TPSA) is 72.8 Å². The molecule has 0 aliphatic heterocycles. The molecule has 2 aliphatic rings. The predicted octanol–water partition coefficient (Wildman–Crippen LogP) is 2.62. The SMILES string of the molecule is CC1(O)CC1.CC1(OC(=O)Cl)CC1.COC(C)=O. The van der Waals surface area contributed by atoms with E-state index in [1.54, 1.807) is 0 Å². The van der Waals surface area contributed by atoms with E-state index in [1.165, 1.54) is 14.0 Å². The molecular formula is C12H21ClO5. The third-order valence-electron chi connectivity index (χ3n) is 2.54. The lowest BCUT2D eigenvalue weighted by atomic mass is 10.4. The van der Waals surface area contributed by atoms with Gasteiger partial charge in [-0.3, -0.25) is 4.79 Å². The minimum absolute atomic E-state index is 0.209. The van der Waals surface area contributed by atoms with Crippen molar-refractivity contribution >= 4 is 23.0 Å². The molecule has 2 saturated carbocycles. The summed E-state index contributed by atoms with van der Waals surface area (Å²) >= 11 is 4.94. The Labute approximate surface area is 112 Å². The largest absolute Gasteiger partial charge is 0.469 e. The Morgan fingerprint density at radius 2 is 1.50 bits per heavy atom. The molecule has 0 heterocycles. The molecule has 0 atom stereocenters. The molecule has 6 heteroatoms. The first-order chi connectivity index (χ1) is 8.10. The number of methoxy groups -OCH3 is 1. The Morgan fingerprint density at radius 3 is 1.56 bits per heavy atom. The van der Waals surface area contributed by atoms with Gasteiger partial charge < -0.3 is 14.6 Å². The maximum absolute atomic E-state index is 10.0. The quantitative estimate of drug-likeness (QED) is 0.590. The molecule has 0 radical (unpaired) electrons. The van der Waals surface area contributed by atoms with Gasteiger partial charge in [-0.1, -0.05) is 0 Å². The molecule has 0 aromatic rings. The zero-order chi connectivity index (χ0) is 14.4. The Balaban J connectivity index is 0.000000254. The zero-order valence-electron chi connectivity index (χ0n) is 11.3. The van der Waals surface area contributed by atoms with Crippen molar-refractivity contribution in [3.8, 4) is 0 Å². The van der Waals surface area contributed by atoms with Gasteiger partial charge >= 0.3 is 11.4 Å². The molecule has 0 aromatic heterocycles. The lowest BCUT2D eigenvalue weighted by Gasteiger charge is -2.04. The van der Waals surface area contributed by atoms with Crippen LogP contribution in [0.5, 0.6) is 0 Å². The van der Waals surface area contributed by atoms with Crippen LogP contribution < -0.4 is 0 Å². The molecular weight excluding hydrogens is 260 g/mol. The summed E-state index contributed by atoms with van der Waals surface area (Å²) in [7, 11) is 1.35. The molecule has 0 bridgehead atoms. The molecule has 0 unspecified atom stereocenters. The maximum Gasteiger partial charge on any atom is 0.404 e. The van der Waals surface area contributed by atoms with E-state index < -0.39 is 5.43 Å². The van der Waals surface area contributed by atoms with Gasteiger partial charge in [0.2, 0.25) is 0 Å². The van der Waals surface area contributed by atoms with Crippen LogP contribution in [0, 0.1) is 0 Å². The maximum atomic E-state index is 10.0. The van der Waals surface area contributed by atoms with Crippen molar-refractivity contribution in [1.82, 2.24) is 0 Å².